The largest absolute Gasteiger partial charge is 0.493 e. The van der Waals surface area contributed by atoms with E-state index in [2.05, 4.69) is 0 Å². The predicted molar refractivity (Wildman–Crippen MR) is 95.6 cm³/mol. The quantitative estimate of drug-likeness (QED) is 0.901. The smallest absolute Gasteiger partial charge is 0.243 e. The van der Waals surface area contributed by atoms with Crippen molar-refractivity contribution in [2.24, 2.45) is 11.7 Å². The zero-order chi connectivity index (χ0) is 17.3. The summed E-state index contributed by atoms with van der Waals surface area (Å²) < 4.78 is 33.7. The molecular weight excluding hydrogens is 324 g/mol. The molecule has 0 saturated carbocycles. The number of hydrogen-bond acceptors (Lipinski definition) is 4. The Morgan fingerprint density at radius 1 is 1.21 bits per heavy atom. The van der Waals surface area contributed by atoms with Crippen molar-refractivity contribution in [3.63, 3.8) is 0 Å². The van der Waals surface area contributed by atoms with Crippen LogP contribution >= 0.6 is 0 Å². The van der Waals surface area contributed by atoms with E-state index >= 15 is 0 Å². The van der Waals surface area contributed by atoms with Crippen LogP contribution in [0.25, 0.3) is 10.8 Å². The molecule has 0 aliphatic carbocycles. The van der Waals surface area contributed by atoms with Crippen LogP contribution in [0.15, 0.2) is 41.3 Å². The fraction of sp³-hybridized carbons (Fsp3) is 0.444. The Kier molecular flexibility index (Phi) is 4.80. The van der Waals surface area contributed by atoms with Crippen molar-refractivity contribution >= 4 is 20.8 Å². The highest BCUT2D eigenvalue weighted by atomic mass is 32.2. The van der Waals surface area contributed by atoms with Crippen LogP contribution in [0.1, 0.15) is 20.3 Å². The average Bonchev–Trinajstić information content (AvgIpc) is 2.97. The summed E-state index contributed by atoms with van der Waals surface area (Å²) in [7, 11) is -3.57. The highest BCUT2D eigenvalue weighted by molar-refractivity contribution is 7.89. The van der Waals surface area contributed by atoms with Crippen molar-refractivity contribution in [3.05, 3.63) is 36.4 Å². The van der Waals surface area contributed by atoms with Crippen molar-refractivity contribution in [2.45, 2.75) is 31.2 Å². The van der Waals surface area contributed by atoms with Crippen LogP contribution < -0.4 is 10.5 Å². The highest BCUT2D eigenvalue weighted by Gasteiger charge is 2.38. The molecule has 2 unspecified atom stereocenters. The number of sulfonamides is 1. The van der Waals surface area contributed by atoms with Gasteiger partial charge in [-0.3, -0.25) is 0 Å². The number of nitrogens with zero attached hydrogens (tertiary/aromatic N) is 1. The Labute approximate surface area is 143 Å². The first-order valence-corrected chi connectivity index (χ1v) is 9.79. The standard InChI is InChI=1S/C18H24N2O3S/c1-3-23-17-8-9-18(16-7-5-4-6-15(16)17)24(21,22)20-12-14(11-19)10-13(20)2/h4-9,13-14H,3,10-12,19H2,1-2H3. The lowest BCUT2D eigenvalue weighted by Crippen LogP contribution is -2.34. The molecule has 130 valence electrons. The van der Waals surface area contributed by atoms with Crippen LogP contribution in [0.4, 0.5) is 0 Å². The first-order valence-electron chi connectivity index (χ1n) is 8.35. The van der Waals surface area contributed by atoms with Gasteiger partial charge in [0.15, 0.2) is 0 Å². The van der Waals surface area contributed by atoms with E-state index in [4.69, 9.17) is 10.5 Å². The molecule has 3 rings (SSSR count). The Bertz CT molecular complexity index is 835. The highest BCUT2D eigenvalue weighted by Crippen LogP contribution is 2.35. The second-order valence-electron chi connectivity index (χ2n) is 6.30. The number of hydrogen-bond donors (Lipinski definition) is 1. The summed E-state index contributed by atoms with van der Waals surface area (Å²) in [6.45, 7) is 5.40. The summed E-state index contributed by atoms with van der Waals surface area (Å²) in [5.74, 6) is 0.935. The Hall–Kier alpha value is -1.63. The third kappa shape index (κ3) is 2.90. The summed E-state index contributed by atoms with van der Waals surface area (Å²) in [6.07, 6.45) is 0.810. The Morgan fingerprint density at radius 3 is 2.54 bits per heavy atom. The topological polar surface area (TPSA) is 72.6 Å². The van der Waals surface area contributed by atoms with Crippen LogP contribution in [-0.2, 0) is 10.0 Å². The maximum absolute atomic E-state index is 13.2. The van der Waals surface area contributed by atoms with Gasteiger partial charge in [0, 0.05) is 23.4 Å². The number of benzene rings is 2. The first kappa shape index (κ1) is 17.2. The molecule has 6 heteroatoms. The number of nitrogens with two attached hydrogens (primary N) is 1. The molecule has 0 amide bonds. The summed E-state index contributed by atoms with van der Waals surface area (Å²) >= 11 is 0. The Balaban J connectivity index is 2.11. The molecule has 2 aromatic rings. The van der Waals surface area contributed by atoms with E-state index in [-0.39, 0.29) is 12.0 Å². The lowest BCUT2D eigenvalue weighted by atomic mass is 10.1. The lowest BCUT2D eigenvalue weighted by molar-refractivity contribution is 0.344. The minimum atomic E-state index is -3.57. The maximum atomic E-state index is 13.2. The third-order valence-electron chi connectivity index (χ3n) is 4.67. The van der Waals surface area contributed by atoms with Gasteiger partial charge in [-0.15, -0.1) is 0 Å². The fourth-order valence-electron chi connectivity index (χ4n) is 3.49. The van der Waals surface area contributed by atoms with E-state index < -0.39 is 10.0 Å². The van der Waals surface area contributed by atoms with Gasteiger partial charge in [-0.1, -0.05) is 24.3 Å². The molecule has 1 aliphatic heterocycles. The van der Waals surface area contributed by atoms with Gasteiger partial charge in [-0.05, 0) is 44.9 Å². The normalized spacial score (nSPS) is 22.1. The molecule has 0 bridgehead atoms. The van der Waals surface area contributed by atoms with E-state index in [0.29, 0.717) is 35.7 Å². The molecule has 1 heterocycles. The van der Waals surface area contributed by atoms with Crippen molar-refractivity contribution in [3.8, 4) is 5.75 Å². The Morgan fingerprint density at radius 2 is 1.92 bits per heavy atom. The van der Waals surface area contributed by atoms with Gasteiger partial charge in [0.25, 0.3) is 0 Å². The average molecular weight is 348 g/mol. The summed E-state index contributed by atoms with van der Waals surface area (Å²) in [5, 5.41) is 1.52. The van der Waals surface area contributed by atoms with Gasteiger partial charge in [-0.2, -0.15) is 4.31 Å². The van der Waals surface area contributed by atoms with E-state index in [1.165, 1.54) is 0 Å². The zero-order valence-corrected chi connectivity index (χ0v) is 14.9. The van der Waals surface area contributed by atoms with Crippen molar-refractivity contribution in [1.29, 1.82) is 0 Å². The van der Waals surface area contributed by atoms with Gasteiger partial charge in [0.1, 0.15) is 5.75 Å². The maximum Gasteiger partial charge on any atom is 0.243 e. The predicted octanol–water partition coefficient (Wildman–Crippen LogP) is 2.60. The zero-order valence-electron chi connectivity index (χ0n) is 14.1. The monoisotopic (exact) mass is 348 g/mol. The van der Waals surface area contributed by atoms with Gasteiger partial charge in [-0.25, -0.2) is 8.42 Å². The summed E-state index contributed by atoms with van der Waals surface area (Å²) in [6, 6.07) is 10.9. The van der Waals surface area contributed by atoms with Crippen LogP contribution in [0, 0.1) is 5.92 Å². The van der Waals surface area contributed by atoms with Gasteiger partial charge in [0.05, 0.1) is 11.5 Å². The van der Waals surface area contributed by atoms with E-state index in [0.717, 1.165) is 11.8 Å². The van der Waals surface area contributed by atoms with E-state index in [1.54, 1.807) is 16.4 Å². The molecule has 0 aromatic heterocycles. The third-order valence-corrected chi connectivity index (χ3v) is 6.71. The van der Waals surface area contributed by atoms with E-state index in [9.17, 15) is 8.42 Å². The molecule has 2 N–H and O–H groups in total. The second kappa shape index (κ2) is 6.70. The van der Waals surface area contributed by atoms with Crippen molar-refractivity contribution < 1.29 is 13.2 Å². The lowest BCUT2D eigenvalue weighted by Gasteiger charge is -2.22. The van der Waals surface area contributed by atoms with Crippen molar-refractivity contribution in [2.75, 3.05) is 19.7 Å². The van der Waals surface area contributed by atoms with E-state index in [1.807, 2.05) is 38.1 Å². The number of fused-ring (bicyclic) bond motifs is 1. The molecular formula is C18H24N2O3S. The summed E-state index contributed by atoms with van der Waals surface area (Å²) in [5.41, 5.74) is 5.75. The van der Waals surface area contributed by atoms with Gasteiger partial charge >= 0.3 is 0 Å². The second-order valence-corrected chi connectivity index (χ2v) is 8.16. The molecule has 2 atom stereocenters. The number of rotatable bonds is 5. The molecule has 24 heavy (non-hydrogen) atoms. The molecule has 0 spiro atoms. The first-order chi connectivity index (χ1) is 11.5. The molecule has 1 saturated heterocycles. The number of ether oxygens (including phenoxy) is 1. The van der Waals surface area contributed by atoms with Crippen LogP contribution in [0.5, 0.6) is 5.75 Å². The fourth-order valence-corrected chi connectivity index (χ4v) is 5.41. The van der Waals surface area contributed by atoms with Crippen molar-refractivity contribution in [1.82, 2.24) is 4.31 Å². The summed E-state index contributed by atoms with van der Waals surface area (Å²) in [4.78, 5) is 0.339. The minimum Gasteiger partial charge on any atom is -0.493 e. The van der Waals surface area contributed by atoms with Crippen LogP contribution in [0.3, 0.4) is 0 Å². The molecule has 0 radical (unpaired) electrons. The SMILES string of the molecule is CCOc1ccc(S(=O)(=O)N2CC(CN)CC2C)c2ccccc12. The van der Waals surface area contributed by atoms with Gasteiger partial charge < -0.3 is 10.5 Å². The molecule has 2 aromatic carbocycles. The van der Waals surface area contributed by atoms with Gasteiger partial charge in [0.2, 0.25) is 10.0 Å². The molecule has 5 nitrogen and oxygen atoms in total. The van der Waals surface area contributed by atoms with Crippen LogP contribution in [0.2, 0.25) is 0 Å². The minimum absolute atomic E-state index is 0.0334. The molecule has 1 fully saturated rings. The van der Waals surface area contributed by atoms with Crippen LogP contribution in [-0.4, -0.2) is 38.5 Å². The molecule has 1 aliphatic rings.